The number of carbonyl (C=O) groups is 1. The Hall–Kier alpha value is -3.07. The monoisotopic (exact) mass is 346 g/mol. The van der Waals surface area contributed by atoms with E-state index in [0.29, 0.717) is 11.5 Å². The summed E-state index contributed by atoms with van der Waals surface area (Å²) in [6.07, 6.45) is 2.15. The third-order valence-electron chi connectivity index (χ3n) is 4.01. The lowest BCUT2D eigenvalue weighted by Crippen LogP contribution is -2.17. The van der Waals surface area contributed by atoms with E-state index < -0.39 is 5.97 Å². The van der Waals surface area contributed by atoms with Crippen LogP contribution in [0.3, 0.4) is 0 Å². The minimum absolute atomic E-state index is 0.117. The van der Waals surface area contributed by atoms with Gasteiger partial charge in [0.1, 0.15) is 11.5 Å². The summed E-state index contributed by atoms with van der Waals surface area (Å²) in [7, 11) is 0. The largest absolute Gasteiger partial charge is 0.482 e. The lowest BCUT2D eigenvalue weighted by atomic mass is 10.1. The maximum absolute atomic E-state index is 12.0. The van der Waals surface area contributed by atoms with E-state index >= 15 is 0 Å². The molecule has 3 aromatic rings. The predicted molar refractivity (Wildman–Crippen MR) is 103 cm³/mol. The number of hydrogen-bond acceptors (Lipinski definition) is 3. The van der Waals surface area contributed by atoms with Gasteiger partial charge in [-0.25, -0.2) is 4.79 Å². The highest BCUT2D eigenvalue weighted by atomic mass is 16.6. The van der Waals surface area contributed by atoms with Crippen molar-refractivity contribution in [3.63, 3.8) is 0 Å². The minimum Gasteiger partial charge on any atom is -0.482 e. The molecular weight excluding hydrogens is 324 g/mol. The average molecular weight is 346 g/mol. The van der Waals surface area contributed by atoms with E-state index in [1.807, 2.05) is 66.7 Å². The van der Waals surface area contributed by atoms with Crippen LogP contribution in [0.1, 0.15) is 18.9 Å². The topological polar surface area (TPSA) is 35.5 Å². The normalized spacial score (nSPS) is 10.3. The van der Waals surface area contributed by atoms with E-state index in [2.05, 4.69) is 6.92 Å². The Morgan fingerprint density at radius 3 is 2.04 bits per heavy atom. The molecule has 0 amide bonds. The Balaban J connectivity index is 1.51. The molecule has 0 aliphatic carbocycles. The molecule has 3 aromatic carbocycles. The Labute approximate surface area is 154 Å². The molecule has 132 valence electrons. The minimum atomic E-state index is -0.421. The predicted octanol–water partition coefficient (Wildman–Crippen LogP) is 5.29. The van der Waals surface area contributed by atoms with Crippen molar-refractivity contribution in [2.75, 3.05) is 6.61 Å². The van der Waals surface area contributed by atoms with Crippen LogP contribution < -0.4 is 9.47 Å². The summed E-state index contributed by atoms with van der Waals surface area (Å²) in [6.45, 7) is 2.03. The fourth-order valence-electron chi connectivity index (χ4n) is 2.69. The molecule has 0 aliphatic rings. The first-order valence-electron chi connectivity index (χ1n) is 8.82. The lowest BCUT2D eigenvalue weighted by molar-refractivity contribution is -0.136. The number of esters is 1. The maximum atomic E-state index is 12.0. The Morgan fingerprint density at radius 2 is 1.38 bits per heavy atom. The van der Waals surface area contributed by atoms with Gasteiger partial charge in [0, 0.05) is 0 Å². The van der Waals surface area contributed by atoms with E-state index in [0.717, 1.165) is 24.0 Å². The van der Waals surface area contributed by atoms with Gasteiger partial charge in [-0.05, 0) is 47.4 Å². The fraction of sp³-hybridized carbons (Fsp3) is 0.174. The van der Waals surface area contributed by atoms with Crippen molar-refractivity contribution in [3.05, 3.63) is 84.4 Å². The first kappa shape index (κ1) is 17.7. The molecule has 0 heterocycles. The Morgan fingerprint density at radius 1 is 0.769 bits per heavy atom. The molecule has 0 atom stereocenters. The van der Waals surface area contributed by atoms with Gasteiger partial charge in [0.15, 0.2) is 6.61 Å². The zero-order valence-corrected chi connectivity index (χ0v) is 14.9. The van der Waals surface area contributed by atoms with Crippen LogP contribution in [0.5, 0.6) is 11.5 Å². The molecule has 0 radical (unpaired) electrons. The Bertz CT molecular complexity index is 822. The van der Waals surface area contributed by atoms with Crippen LogP contribution in [-0.2, 0) is 11.2 Å². The van der Waals surface area contributed by atoms with Gasteiger partial charge in [0.2, 0.25) is 0 Å². The van der Waals surface area contributed by atoms with Gasteiger partial charge in [0.25, 0.3) is 0 Å². The van der Waals surface area contributed by atoms with Crippen molar-refractivity contribution in [1.29, 1.82) is 0 Å². The van der Waals surface area contributed by atoms with Gasteiger partial charge in [-0.15, -0.1) is 0 Å². The summed E-state index contributed by atoms with van der Waals surface area (Å²) in [5.41, 5.74) is 3.47. The summed E-state index contributed by atoms with van der Waals surface area (Å²) in [5, 5.41) is 0. The number of benzene rings is 3. The van der Waals surface area contributed by atoms with Crippen molar-refractivity contribution < 1.29 is 14.3 Å². The van der Waals surface area contributed by atoms with Crippen LogP contribution in [0, 0.1) is 0 Å². The molecule has 3 rings (SSSR count). The molecule has 0 aromatic heterocycles. The average Bonchev–Trinajstić information content (AvgIpc) is 2.69. The molecule has 3 heteroatoms. The summed E-state index contributed by atoms with van der Waals surface area (Å²) in [4.78, 5) is 12.0. The van der Waals surface area contributed by atoms with E-state index in [9.17, 15) is 4.79 Å². The van der Waals surface area contributed by atoms with E-state index in [1.54, 1.807) is 12.1 Å². The summed E-state index contributed by atoms with van der Waals surface area (Å²) >= 11 is 0. The van der Waals surface area contributed by atoms with E-state index in [4.69, 9.17) is 9.47 Å². The molecule has 0 fully saturated rings. The standard InChI is InChI=1S/C23H22O3/c1-2-6-18-9-13-21(14-10-18)25-17-23(24)26-22-15-11-20(12-16-22)19-7-4-3-5-8-19/h3-5,7-16H,2,6,17H2,1H3. The quantitative estimate of drug-likeness (QED) is 0.431. The van der Waals surface area contributed by atoms with Crippen LogP contribution in [0.2, 0.25) is 0 Å². The second-order valence-electron chi connectivity index (χ2n) is 6.05. The summed E-state index contributed by atoms with van der Waals surface area (Å²) < 4.78 is 10.8. The van der Waals surface area contributed by atoms with Crippen LogP contribution in [-0.4, -0.2) is 12.6 Å². The zero-order chi connectivity index (χ0) is 18.2. The molecule has 0 N–H and O–H groups in total. The van der Waals surface area contributed by atoms with E-state index in [-0.39, 0.29) is 6.61 Å². The lowest BCUT2D eigenvalue weighted by Gasteiger charge is -2.08. The molecular formula is C23H22O3. The second-order valence-corrected chi connectivity index (χ2v) is 6.05. The Kier molecular flexibility index (Phi) is 6.05. The molecule has 0 unspecified atom stereocenters. The highest BCUT2D eigenvalue weighted by Gasteiger charge is 2.07. The van der Waals surface area contributed by atoms with Crippen molar-refractivity contribution in [3.8, 4) is 22.6 Å². The highest BCUT2D eigenvalue weighted by Crippen LogP contribution is 2.22. The van der Waals surface area contributed by atoms with Crippen LogP contribution in [0.15, 0.2) is 78.9 Å². The van der Waals surface area contributed by atoms with Crippen molar-refractivity contribution >= 4 is 5.97 Å². The number of rotatable bonds is 7. The van der Waals surface area contributed by atoms with Crippen LogP contribution in [0.25, 0.3) is 11.1 Å². The molecule has 0 saturated carbocycles. The third kappa shape index (κ3) is 4.96. The number of ether oxygens (including phenoxy) is 2. The first-order chi connectivity index (χ1) is 12.7. The molecule has 0 bridgehead atoms. The third-order valence-corrected chi connectivity index (χ3v) is 4.01. The van der Waals surface area contributed by atoms with Gasteiger partial charge in [0.05, 0.1) is 0 Å². The van der Waals surface area contributed by atoms with Gasteiger partial charge in [-0.1, -0.05) is 67.9 Å². The van der Waals surface area contributed by atoms with Gasteiger partial charge < -0.3 is 9.47 Å². The van der Waals surface area contributed by atoms with Gasteiger partial charge in [-0.2, -0.15) is 0 Å². The molecule has 3 nitrogen and oxygen atoms in total. The van der Waals surface area contributed by atoms with Crippen molar-refractivity contribution in [2.45, 2.75) is 19.8 Å². The van der Waals surface area contributed by atoms with E-state index in [1.165, 1.54) is 5.56 Å². The van der Waals surface area contributed by atoms with Crippen molar-refractivity contribution in [2.24, 2.45) is 0 Å². The summed E-state index contributed by atoms with van der Waals surface area (Å²) in [6, 6.07) is 25.3. The summed E-state index contributed by atoms with van der Waals surface area (Å²) in [5.74, 6) is 0.757. The molecule has 26 heavy (non-hydrogen) atoms. The highest BCUT2D eigenvalue weighted by molar-refractivity contribution is 5.74. The number of aryl methyl sites for hydroxylation is 1. The second kappa shape index (κ2) is 8.86. The van der Waals surface area contributed by atoms with Crippen LogP contribution in [0.4, 0.5) is 0 Å². The smallest absolute Gasteiger partial charge is 0.349 e. The van der Waals surface area contributed by atoms with Gasteiger partial charge in [-0.3, -0.25) is 0 Å². The maximum Gasteiger partial charge on any atom is 0.349 e. The SMILES string of the molecule is CCCc1ccc(OCC(=O)Oc2ccc(-c3ccccc3)cc2)cc1. The number of carbonyl (C=O) groups excluding carboxylic acids is 1. The molecule has 0 spiro atoms. The van der Waals surface area contributed by atoms with Crippen molar-refractivity contribution in [1.82, 2.24) is 0 Å². The number of hydrogen-bond donors (Lipinski definition) is 0. The first-order valence-corrected chi connectivity index (χ1v) is 8.82. The van der Waals surface area contributed by atoms with Gasteiger partial charge >= 0.3 is 5.97 Å². The fourth-order valence-corrected chi connectivity index (χ4v) is 2.69. The zero-order valence-electron chi connectivity index (χ0n) is 14.9. The molecule has 0 saturated heterocycles. The van der Waals surface area contributed by atoms with Crippen LogP contribution >= 0.6 is 0 Å². The molecule has 0 aliphatic heterocycles.